The Kier molecular flexibility index (Phi) is 4.12. The van der Waals surface area contributed by atoms with Crippen molar-refractivity contribution in [2.24, 2.45) is 0 Å². The molecule has 2 heterocycles. The SMILES string of the molecule is [2H]C1C(=O)N([2H])C(=O)[C@@]([2H])(N2Cc3cc(C([2H])([2H])CC(=O)C(F)(F)c4ccc(Cl)cc4)ccc3C2=O)C1[2H]. The van der Waals surface area contributed by atoms with Gasteiger partial charge in [-0.3, -0.25) is 24.5 Å². The lowest BCUT2D eigenvalue weighted by atomic mass is 9.97. The van der Waals surface area contributed by atoms with Crippen LogP contribution in [-0.4, -0.2) is 34.4 Å². The van der Waals surface area contributed by atoms with Crippen molar-refractivity contribution in [3.05, 3.63) is 69.7 Å². The quantitative estimate of drug-likeness (QED) is 0.661. The van der Waals surface area contributed by atoms with Crippen molar-refractivity contribution in [1.82, 2.24) is 10.2 Å². The maximum Gasteiger partial charge on any atom is 0.330 e. The molecule has 6 nitrogen and oxygen atoms in total. The number of imide groups is 1. The molecule has 2 aromatic carbocycles. The number of carbonyl (C=O) groups excluding carboxylic acids is 4. The molecule has 2 aromatic rings. The van der Waals surface area contributed by atoms with Crippen molar-refractivity contribution in [3.8, 4) is 0 Å². The van der Waals surface area contributed by atoms with Gasteiger partial charge in [0.15, 0.2) is 1.41 Å². The van der Waals surface area contributed by atoms with E-state index in [9.17, 15) is 28.0 Å². The molecule has 1 fully saturated rings. The number of piperidine rings is 1. The van der Waals surface area contributed by atoms with E-state index in [1.807, 2.05) is 0 Å². The number of hydrogen-bond acceptors (Lipinski definition) is 4. The van der Waals surface area contributed by atoms with E-state index in [0.717, 1.165) is 30.3 Å². The molecule has 1 saturated heterocycles. The van der Waals surface area contributed by atoms with E-state index >= 15 is 0 Å². The van der Waals surface area contributed by atoms with Crippen LogP contribution in [-0.2, 0) is 33.2 Å². The third-order valence-electron chi connectivity index (χ3n) is 5.02. The van der Waals surface area contributed by atoms with Crippen molar-refractivity contribution in [2.75, 3.05) is 0 Å². The van der Waals surface area contributed by atoms with E-state index < -0.39 is 73.1 Å². The minimum atomic E-state index is -4.00. The van der Waals surface area contributed by atoms with Crippen molar-refractivity contribution in [3.63, 3.8) is 0 Å². The van der Waals surface area contributed by atoms with Gasteiger partial charge in [-0.1, -0.05) is 35.9 Å². The van der Waals surface area contributed by atoms with Gasteiger partial charge >= 0.3 is 5.92 Å². The summed E-state index contributed by atoms with van der Waals surface area (Å²) in [4.78, 5) is 50.6. The van der Waals surface area contributed by atoms with E-state index in [-0.39, 0.29) is 27.0 Å². The minimum Gasteiger partial charge on any atom is -0.322 e. The summed E-state index contributed by atoms with van der Waals surface area (Å²) >= 11 is 5.70. The molecule has 4 rings (SSSR count). The Balaban J connectivity index is 1.60. The van der Waals surface area contributed by atoms with Crippen LogP contribution in [0.3, 0.4) is 0 Å². The highest BCUT2D eigenvalue weighted by atomic mass is 35.5. The second-order valence-electron chi connectivity index (χ2n) is 7.10. The lowest BCUT2D eigenvalue weighted by molar-refractivity contribution is -0.144. The van der Waals surface area contributed by atoms with Crippen LogP contribution < -0.4 is 5.31 Å². The number of alkyl halides is 2. The van der Waals surface area contributed by atoms with E-state index in [0.29, 0.717) is 4.90 Å². The van der Waals surface area contributed by atoms with Crippen LogP contribution in [0, 0.1) is 0 Å². The number of aryl methyl sites for hydroxylation is 1. The Hall–Kier alpha value is -3.13. The zero-order chi connectivity index (χ0) is 28.4. The summed E-state index contributed by atoms with van der Waals surface area (Å²) in [7, 11) is 0. The number of halogens is 3. The highest BCUT2D eigenvalue weighted by Crippen LogP contribution is 2.32. The van der Waals surface area contributed by atoms with Gasteiger partial charge in [-0.05, 0) is 42.1 Å². The van der Waals surface area contributed by atoms with Crippen LogP contribution in [0.25, 0.3) is 0 Å². The highest BCUT2D eigenvalue weighted by molar-refractivity contribution is 6.30. The number of nitrogens with one attached hydrogen (secondary N) is 1. The van der Waals surface area contributed by atoms with E-state index in [1.54, 1.807) is 0 Å². The second kappa shape index (κ2) is 8.43. The summed E-state index contributed by atoms with van der Waals surface area (Å²) in [6.45, 7) is -0.508. The first-order valence-electron chi connectivity index (χ1n) is 12.5. The second-order valence-corrected chi connectivity index (χ2v) is 7.53. The molecule has 1 N–H and O–H groups in total. The molecule has 0 spiro atoms. The van der Waals surface area contributed by atoms with Crippen LogP contribution in [0.4, 0.5) is 8.78 Å². The van der Waals surface area contributed by atoms with Gasteiger partial charge in [-0.25, -0.2) is 0 Å². The maximum absolute atomic E-state index is 14.7. The van der Waals surface area contributed by atoms with Crippen molar-refractivity contribution in [1.29, 1.82) is 0 Å². The standard InChI is InChI=1S/C23H19ClF2N2O4/c24-16-5-3-15(4-6-16)23(25,26)19(29)9-2-13-1-7-17-14(11-13)12-28(22(17)32)18-8-10-20(30)27-21(18)31/h1,3-7,11,18H,2,8-10,12H2,(H,27,30,31)/t18-/m0/s1/i2D2,8D,10D,18D/hD/t8?,10?,18-. The maximum atomic E-state index is 14.7. The number of benzene rings is 2. The third kappa shape index (κ3) is 4.14. The summed E-state index contributed by atoms with van der Waals surface area (Å²) in [6.07, 6.45) is -7.82. The smallest absolute Gasteiger partial charge is 0.322 e. The first kappa shape index (κ1) is 15.6. The number of Topliss-reactive ketones (excluding diaryl/α,β-unsaturated/α-hetero) is 1. The third-order valence-corrected chi connectivity index (χ3v) is 5.28. The summed E-state index contributed by atoms with van der Waals surface area (Å²) in [5.74, 6) is -9.42. The van der Waals surface area contributed by atoms with Gasteiger partial charge in [0.2, 0.25) is 17.6 Å². The minimum absolute atomic E-state index is 0.0786. The lowest BCUT2D eigenvalue weighted by Gasteiger charge is -2.29. The number of hydrogen-bond donors (Lipinski definition) is 1. The van der Waals surface area contributed by atoms with Gasteiger partial charge in [0.05, 0.1) is 1.37 Å². The number of rotatable bonds is 6. The van der Waals surface area contributed by atoms with Gasteiger partial charge in [-0.2, -0.15) is 8.78 Å². The normalized spacial score (nSPS) is 28.9. The molecule has 3 atom stereocenters. The largest absolute Gasteiger partial charge is 0.330 e. The Morgan fingerprint density at radius 1 is 1.28 bits per heavy atom. The van der Waals surface area contributed by atoms with Gasteiger partial charge in [0.25, 0.3) is 5.91 Å². The first-order valence-corrected chi connectivity index (χ1v) is 9.75. The van der Waals surface area contributed by atoms with Crippen LogP contribution in [0.1, 0.15) is 53.1 Å². The zero-order valence-electron chi connectivity index (χ0n) is 22.3. The molecule has 0 saturated carbocycles. The number of amides is 3. The molecule has 0 radical (unpaired) electrons. The fourth-order valence-corrected chi connectivity index (χ4v) is 3.49. The van der Waals surface area contributed by atoms with Crippen LogP contribution in [0.2, 0.25) is 6.43 Å². The molecule has 3 amide bonds. The zero-order valence-corrected chi connectivity index (χ0v) is 17.0. The molecule has 2 unspecified atom stereocenters. The summed E-state index contributed by atoms with van der Waals surface area (Å²) in [6, 6.07) is 4.87. The molecular formula is C23H19ClF2N2O4. The van der Waals surface area contributed by atoms with E-state index in [2.05, 4.69) is 0 Å². The van der Waals surface area contributed by atoms with Crippen molar-refractivity contribution in [2.45, 2.75) is 44.1 Å². The van der Waals surface area contributed by atoms with Crippen LogP contribution in [0.5, 0.6) is 0 Å². The van der Waals surface area contributed by atoms with Crippen molar-refractivity contribution < 1.29 is 36.2 Å². The fourth-order valence-electron chi connectivity index (χ4n) is 3.36. The molecule has 0 bridgehead atoms. The Bertz CT molecular complexity index is 1360. The van der Waals surface area contributed by atoms with Crippen LogP contribution in [0.15, 0.2) is 42.5 Å². The molecule has 9 heteroatoms. The van der Waals surface area contributed by atoms with E-state index in [4.69, 9.17) is 19.9 Å². The predicted octanol–water partition coefficient (Wildman–Crippen LogP) is 3.39. The number of fused-ring (bicyclic) bond motifs is 1. The Labute approximate surface area is 196 Å². The summed E-state index contributed by atoms with van der Waals surface area (Å²) in [5, 5.41) is -0.0434. The van der Waals surface area contributed by atoms with Gasteiger partial charge in [0.1, 0.15) is 6.02 Å². The topological polar surface area (TPSA) is 83.6 Å². The fraction of sp³-hybridized carbons (Fsp3) is 0.304. The van der Waals surface area contributed by atoms with E-state index in [1.165, 1.54) is 12.1 Å². The average Bonchev–Trinajstić information content (AvgIpc) is 3.21. The van der Waals surface area contributed by atoms with Crippen molar-refractivity contribution >= 4 is 35.1 Å². The molecule has 166 valence electrons. The molecule has 0 aromatic heterocycles. The molecular weight excluding hydrogens is 442 g/mol. The Morgan fingerprint density at radius 2 is 2.00 bits per heavy atom. The number of carbonyl (C=O) groups is 4. The molecule has 0 aliphatic carbocycles. The monoisotopic (exact) mass is 466 g/mol. The number of nitrogens with zero attached hydrogens (tertiary/aromatic N) is 1. The van der Waals surface area contributed by atoms with Crippen LogP contribution >= 0.6 is 11.6 Å². The predicted molar refractivity (Wildman–Crippen MR) is 111 cm³/mol. The molecule has 32 heavy (non-hydrogen) atoms. The summed E-state index contributed by atoms with van der Waals surface area (Å²) < 4.78 is 78.0. The van der Waals surface area contributed by atoms with Gasteiger partial charge in [-0.15, -0.1) is 0 Å². The van der Waals surface area contributed by atoms with Gasteiger partial charge in [0, 0.05) is 41.0 Å². The molecule has 2 aliphatic rings. The number of ketones is 1. The highest BCUT2D eigenvalue weighted by Gasteiger charge is 2.41. The average molecular weight is 467 g/mol. The lowest BCUT2D eigenvalue weighted by Crippen LogP contribution is -2.52. The van der Waals surface area contributed by atoms with Gasteiger partial charge < -0.3 is 4.90 Å². The Morgan fingerprint density at radius 3 is 2.72 bits per heavy atom. The first-order chi connectivity index (χ1) is 17.5. The summed E-state index contributed by atoms with van der Waals surface area (Å²) in [5.41, 5.74) is -0.882. The molecule has 2 aliphatic heterocycles.